The number of thiazole rings is 1. The predicted molar refractivity (Wildman–Crippen MR) is 107 cm³/mol. The van der Waals surface area contributed by atoms with Crippen LogP contribution >= 0.6 is 23.1 Å². The molecule has 0 saturated carbocycles. The number of aryl methyl sites for hydroxylation is 1. The molecule has 0 aliphatic heterocycles. The second kappa shape index (κ2) is 9.01. The van der Waals surface area contributed by atoms with Crippen LogP contribution in [0.3, 0.4) is 0 Å². The minimum absolute atomic E-state index is 0.109. The number of thioether (sulfide) groups is 1. The third-order valence-corrected chi connectivity index (χ3v) is 5.68. The number of hydrogen-bond donors (Lipinski definition) is 1. The Labute approximate surface area is 166 Å². The standard InChI is InChI=1S/C18H21N5O2S2/c1-4-23-15(10-25-14-8-6-5-7-9-14)21-22-18(23)27-13(3)16(24)20-17-19-12(2)11-26-17/h5-9,11,13H,4,10H2,1-3H3,(H,19,20,24)/t13-/m0/s1. The van der Waals surface area contributed by atoms with Gasteiger partial charge in [0.25, 0.3) is 0 Å². The summed E-state index contributed by atoms with van der Waals surface area (Å²) in [4.78, 5) is 16.7. The number of anilines is 1. The van der Waals surface area contributed by atoms with Crippen LogP contribution in [0, 0.1) is 6.92 Å². The summed E-state index contributed by atoms with van der Waals surface area (Å²) < 4.78 is 7.73. The minimum atomic E-state index is -0.327. The molecule has 7 nitrogen and oxygen atoms in total. The van der Waals surface area contributed by atoms with Gasteiger partial charge in [0.05, 0.1) is 10.9 Å². The van der Waals surface area contributed by atoms with E-state index in [9.17, 15) is 4.79 Å². The van der Waals surface area contributed by atoms with Gasteiger partial charge in [-0.15, -0.1) is 21.5 Å². The van der Waals surface area contributed by atoms with E-state index in [1.165, 1.54) is 23.1 Å². The van der Waals surface area contributed by atoms with Gasteiger partial charge in [-0.1, -0.05) is 30.0 Å². The van der Waals surface area contributed by atoms with Crippen LogP contribution in [0.4, 0.5) is 5.13 Å². The van der Waals surface area contributed by atoms with Crippen LogP contribution in [0.5, 0.6) is 5.75 Å². The Morgan fingerprint density at radius 1 is 1.33 bits per heavy atom. The second-order valence-corrected chi connectivity index (χ2v) is 7.95. The number of rotatable bonds is 8. The molecule has 3 rings (SSSR count). The van der Waals surface area contributed by atoms with E-state index < -0.39 is 0 Å². The van der Waals surface area contributed by atoms with Crippen LogP contribution in [-0.2, 0) is 17.9 Å². The molecule has 0 spiro atoms. The molecule has 1 amide bonds. The van der Waals surface area contributed by atoms with Crippen molar-refractivity contribution in [1.29, 1.82) is 0 Å². The first kappa shape index (κ1) is 19.4. The van der Waals surface area contributed by atoms with E-state index in [0.29, 0.717) is 23.4 Å². The molecule has 142 valence electrons. The molecule has 1 N–H and O–H groups in total. The maximum absolute atomic E-state index is 12.4. The summed E-state index contributed by atoms with van der Waals surface area (Å²) in [7, 11) is 0. The number of benzene rings is 1. The Kier molecular flexibility index (Phi) is 6.46. The molecular weight excluding hydrogens is 382 g/mol. The molecule has 3 aromatic rings. The number of para-hydroxylation sites is 1. The van der Waals surface area contributed by atoms with Crippen LogP contribution in [0.2, 0.25) is 0 Å². The molecule has 0 bridgehead atoms. The van der Waals surface area contributed by atoms with E-state index in [2.05, 4.69) is 20.5 Å². The number of carbonyl (C=O) groups excluding carboxylic acids is 1. The fourth-order valence-corrected chi connectivity index (χ4v) is 3.95. The Hall–Kier alpha value is -2.39. The largest absolute Gasteiger partial charge is 0.486 e. The number of carbonyl (C=O) groups is 1. The normalized spacial score (nSPS) is 12.0. The van der Waals surface area contributed by atoms with Crippen molar-refractivity contribution < 1.29 is 9.53 Å². The molecule has 0 aliphatic rings. The minimum Gasteiger partial charge on any atom is -0.486 e. The maximum Gasteiger partial charge on any atom is 0.239 e. The van der Waals surface area contributed by atoms with Crippen LogP contribution in [0.25, 0.3) is 0 Å². The fraction of sp³-hybridized carbons (Fsp3) is 0.333. The lowest BCUT2D eigenvalue weighted by Gasteiger charge is -2.12. The van der Waals surface area contributed by atoms with Crippen molar-refractivity contribution in [2.24, 2.45) is 0 Å². The van der Waals surface area contributed by atoms with E-state index in [-0.39, 0.29) is 11.2 Å². The topological polar surface area (TPSA) is 81.9 Å². The van der Waals surface area contributed by atoms with E-state index in [1.807, 2.05) is 61.1 Å². The Bertz CT molecular complexity index is 894. The molecule has 1 aromatic carbocycles. The third kappa shape index (κ3) is 5.08. The highest BCUT2D eigenvalue weighted by atomic mass is 32.2. The van der Waals surface area contributed by atoms with Crippen molar-refractivity contribution in [3.8, 4) is 5.75 Å². The predicted octanol–water partition coefficient (Wildman–Crippen LogP) is 3.76. The number of nitrogens with one attached hydrogen (secondary N) is 1. The van der Waals surface area contributed by atoms with E-state index in [4.69, 9.17) is 4.74 Å². The molecule has 27 heavy (non-hydrogen) atoms. The molecule has 1 atom stereocenters. The Balaban J connectivity index is 1.62. The highest BCUT2D eigenvalue weighted by Gasteiger charge is 2.20. The van der Waals surface area contributed by atoms with Crippen molar-refractivity contribution in [3.63, 3.8) is 0 Å². The summed E-state index contributed by atoms with van der Waals surface area (Å²) in [5.74, 6) is 1.40. The van der Waals surface area contributed by atoms with Gasteiger partial charge in [-0.3, -0.25) is 4.79 Å². The zero-order chi connectivity index (χ0) is 19.2. The number of nitrogens with zero attached hydrogens (tertiary/aromatic N) is 4. The highest BCUT2D eigenvalue weighted by Crippen LogP contribution is 2.24. The van der Waals surface area contributed by atoms with E-state index >= 15 is 0 Å². The molecule has 2 aromatic heterocycles. The number of hydrogen-bond acceptors (Lipinski definition) is 7. The zero-order valence-corrected chi connectivity index (χ0v) is 17.0. The van der Waals surface area contributed by atoms with Gasteiger partial charge in [0, 0.05) is 11.9 Å². The lowest BCUT2D eigenvalue weighted by molar-refractivity contribution is -0.115. The smallest absolute Gasteiger partial charge is 0.239 e. The SMILES string of the molecule is CCn1c(COc2ccccc2)nnc1S[C@@H](C)C(=O)Nc1nc(C)cs1. The first-order valence-corrected chi connectivity index (χ1v) is 10.3. The third-order valence-electron chi connectivity index (χ3n) is 3.72. The summed E-state index contributed by atoms with van der Waals surface area (Å²) in [6, 6.07) is 9.58. The summed E-state index contributed by atoms with van der Waals surface area (Å²) in [6.45, 7) is 6.78. The van der Waals surface area contributed by atoms with Crippen molar-refractivity contribution in [3.05, 3.63) is 47.2 Å². The fourth-order valence-electron chi connectivity index (χ4n) is 2.33. The number of amides is 1. The van der Waals surface area contributed by atoms with Crippen LogP contribution in [0.1, 0.15) is 25.4 Å². The average Bonchev–Trinajstić information content (AvgIpc) is 3.26. The summed E-state index contributed by atoms with van der Waals surface area (Å²) in [5, 5.41) is 14.2. The average molecular weight is 404 g/mol. The molecule has 0 fully saturated rings. The van der Waals surface area contributed by atoms with Gasteiger partial charge >= 0.3 is 0 Å². The summed E-state index contributed by atoms with van der Waals surface area (Å²) in [6.07, 6.45) is 0. The van der Waals surface area contributed by atoms with Crippen molar-refractivity contribution in [2.45, 2.75) is 44.3 Å². The van der Waals surface area contributed by atoms with Crippen LogP contribution in [0.15, 0.2) is 40.9 Å². The summed E-state index contributed by atoms with van der Waals surface area (Å²) >= 11 is 2.79. The number of ether oxygens (including phenoxy) is 1. The zero-order valence-electron chi connectivity index (χ0n) is 15.4. The number of aromatic nitrogens is 4. The first-order valence-electron chi connectivity index (χ1n) is 8.56. The Morgan fingerprint density at radius 3 is 2.78 bits per heavy atom. The molecule has 0 radical (unpaired) electrons. The van der Waals surface area contributed by atoms with Crippen LogP contribution < -0.4 is 10.1 Å². The van der Waals surface area contributed by atoms with E-state index in [0.717, 1.165) is 17.3 Å². The van der Waals surface area contributed by atoms with E-state index in [1.54, 1.807) is 0 Å². The molecule has 0 aliphatic carbocycles. The lowest BCUT2D eigenvalue weighted by atomic mass is 10.3. The highest BCUT2D eigenvalue weighted by molar-refractivity contribution is 8.00. The Morgan fingerprint density at radius 2 is 2.11 bits per heavy atom. The van der Waals surface area contributed by atoms with Gasteiger partial charge in [0.2, 0.25) is 5.91 Å². The molecule has 2 heterocycles. The molecular formula is C18H21N5O2S2. The van der Waals surface area contributed by atoms with Crippen molar-refractivity contribution in [2.75, 3.05) is 5.32 Å². The van der Waals surface area contributed by atoms with Gasteiger partial charge in [0.1, 0.15) is 12.4 Å². The van der Waals surface area contributed by atoms with Gasteiger partial charge in [-0.05, 0) is 32.9 Å². The van der Waals surface area contributed by atoms with Crippen LogP contribution in [-0.4, -0.2) is 30.9 Å². The molecule has 0 saturated heterocycles. The van der Waals surface area contributed by atoms with Gasteiger partial charge in [-0.2, -0.15) is 0 Å². The second-order valence-electron chi connectivity index (χ2n) is 5.79. The molecule has 0 unspecified atom stereocenters. The maximum atomic E-state index is 12.4. The van der Waals surface area contributed by atoms with Crippen molar-refractivity contribution >= 4 is 34.1 Å². The van der Waals surface area contributed by atoms with Gasteiger partial charge < -0.3 is 14.6 Å². The first-order chi connectivity index (χ1) is 13.1. The monoisotopic (exact) mass is 403 g/mol. The molecule has 9 heteroatoms. The lowest BCUT2D eigenvalue weighted by Crippen LogP contribution is -2.23. The van der Waals surface area contributed by atoms with Gasteiger partial charge in [-0.25, -0.2) is 4.98 Å². The summed E-state index contributed by atoms with van der Waals surface area (Å²) in [5.41, 5.74) is 0.893. The van der Waals surface area contributed by atoms with Crippen molar-refractivity contribution in [1.82, 2.24) is 19.7 Å². The quantitative estimate of drug-likeness (QED) is 0.577. The van der Waals surface area contributed by atoms with Gasteiger partial charge in [0.15, 0.2) is 16.1 Å².